The molecule has 0 spiro atoms. The number of aliphatic carboxylic acids is 1. The lowest BCUT2D eigenvalue weighted by atomic mass is 10.1. The van der Waals surface area contributed by atoms with Crippen molar-refractivity contribution in [1.82, 2.24) is 0 Å². The van der Waals surface area contributed by atoms with Crippen LogP contribution in [0.4, 0.5) is 0 Å². The molecule has 4 heteroatoms. The molecule has 0 fully saturated rings. The Bertz CT molecular complexity index is 408. The number of ether oxygens (including phenoxy) is 1. The molecule has 18 heavy (non-hydrogen) atoms. The molecule has 0 saturated heterocycles. The predicted molar refractivity (Wildman–Crippen MR) is 68.0 cm³/mol. The van der Waals surface area contributed by atoms with Crippen molar-refractivity contribution in [3.8, 4) is 5.75 Å². The van der Waals surface area contributed by atoms with Crippen LogP contribution in [-0.2, 0) is 4.79 Å². The van der Waals surface area contributed by atoms with Gasteiger partial charge in [0, 0.05) is 12.0 Å². The van der Waals surface area contributed by atoms with Gasteiger partial charge in [0.25, 0.3) is 0 Å². The lowest BCUT2D eigenvalue weighted by Crippen LogP contribution is -2.26. The Kier molecular flexibility index (Phi) is 5.36. The van der Waals surface area contributed by atoms with Gasteiger partial charge in [-0.1, -0.05) is 20.3 Å². The monoisotopic (exact) mass is 250 g/mol. The van der Waals surface area contributed by atoms with Crippen LogP contribution in [0.2, 0.25) is 0 Å². The molecule has 1 atom stereocenters. The van der Waals surface area contributed by atoms with Gasteiger partial charge >= 0.3 is 5.97 Å². The van der Waals surface area contributed by atoms with E-state index in [-0.39, 0.29) is 5.78 Å². The van der Waals surface area contributed by atoms with Crippen molar-refractivity contribution in [3.63, 3.8) is 0 Å². The maximum absolute atomic E-state index is 11.4. The summed E-state index contributed by atoms with van der Waals surface area (Å²) in [6.07, 6.45) is 0.824. The third kappa shape index (κ3) is 3.87. The van der Waals surface area contributed by atoms with Gasteiger partial charge in [-0.25, -0.2) is 4.79 Å². The second-order valence-electron chi connectivity index (χ2n) is 4.03. The van der Waals surface area contributed by atoms with Crippen LogP contribution in [0.25, 0.3) is 0 Å². The number of Topliss-reactive ketones (excluding diaryl/α,β-unsaturated/α-hetero) is 1. The fourth-order valence-corrected chi connectivity index (χ4v) is 1.58. The summed E-state index contributed by atoms with van der Waals surface area (Å²) in [5, 5.41) is 8.97. The number of carboxylic acids is 1. The van der Waals surface area contributed by atoms with E-state index in [1.165, 1.54) is 0 Å². The highest BCUT2D eigenvalue weighted by molar-refractivity contribution is 5.95. The molecule has 1 rings (SSSR count). The van der Waals surface area contributed by atoms with E-state index in [0.29, 0.717) is 24.2 Å². The Labute approximate surface area is 107 Å². The van der Waals surface area contributed by atoms with Gasteiger partial charge in [-0.3, -0.25) is 4.79 Å². The first kappa shape index (κ1) is 14.2. The molecule has 0 aliphatic rings. The Morgan fingerprint density at radius 3 is 2.28 bits per heavy atom. The number of hydrogen-bond donors (Lipinski definition) is 1. The van der Waals surface area contributed by atoms with E-state index in [9.17, 15) is 9.59 Å². The van der Waals surface area contributed by atoms with Gasteiger partial charge in [-0.2, -0.15) is 0 Å². The lowest BCUT2D eigenvalue weighted by molar-refractivity contribution is -0.145. The predicted octanol–water partition coefficient (Wildman–Crippen LogP) is 2.91. The minimum atomic E-state index is -0.967. The van der Waals surface area contributed by atoms with Gasteiger partial charge in [0.15, 0.2) is 11.9 Å². The quantitative estimate of drug-likeness (QED) is 0.756. The van der Waals surface area contributed by atoms with Crippen LogP contribution >= 0.6 is 0 Å². The lowest BCUT2D eigenvalue weighted by Gasteiger charge is -2.14. The van der Waals surface area contributed by atoms with Crippen molar-refractivity contribution >= 4 is 11.8 Å². The standard InChI is InChI=1S/C14H18O4/c1-3-5-13(14(16)17)18-11-8-6-10(7-9-11)12(15)4-2/h6-9,13H,3-5H2,1-2H3,(H,16,17). The second-order valence-corrected chi connectivity index (χ2v) is 4.03. The molecule has 98 valence electrons. The second kappa shape index (κ2) is 6.79. The molecule has 1 aromatic carbocycles. The van der Waals surface area contributed by atoms with E-state index in [1.54, 1.807) is 31.2 Å². The smallest absolute Gasteiger partial charge is 0.344 e. The van der Waals surface area contributed by atoms with Crippen LogP contribution in [0.1, 0.15) is 43.5 Å². The molecule has 1 N–H and O–H groups in total. The molecule has 0 aliphatic carbocycles. The third-order valence-electron chi connectivity index (χ3n) is 2.60. The third-order valence-corrected chi connectivity index (χ3v) is 2.60. The average Bonchev–Trinajstić information content (AvgIpc) is 2.38. The zero-order chi connectivity index (χ0) is 13.5. The number of rotatable bonds is 7. The molecule has 0 saturated carbocycles. The summed E-state index contributed by atoms with van der Waals surface area (Å²) >= 11 is 0. The van der Waals surface area contributed by atoms with Crippen molar-refractivity contribution < 1.29 is 19.4 Å². The first-order valence-electron chi connectivity index (χ1n) is 6.11. The average molecular weight is 250 g/mol. The molecule has 0 aliphatic heterocycles. The molecule has 0 radical (unpaired) electrons. The van der Waals surface area contributed by atoms with Crippen LogP contribution in [0.3, 0.4) is 0 Å². The number of hydrogen-bond acceptors (Lipinski definition) is 3. The number of benzene rings is 1. The minimum Gasteiger partial charge on any atom is -0.479 e. The van der Waals surface area contributed by atoms with Crippen molar-refractivity contribution in [3.05, 3.63) is 29.8 Å². The molecule has 0 bridgehead atoms. The summed E-state index contributed by atoms with van der Waals surface area (Å²) in [5.41, 5.74) is 0.618. The highest BCUT2D eigenvalue weighted by Crippen LogP contribution is 2.16. The Morgan fingerprint density at radius 1 is 1.22 bits per heavy atom. The largest absolute Gasteiger partial charge is 0.479 e. The maximum Gasteiger partial charge on any atom is 0.344 e. The van der Waals surface area contributed by atoms with Crippen molar-refractivity contribution in [1.29, 1.82) is 0 Å². The van der Waals surface area contributed by atoms with Crippen LogP contribution in [0.5, 0.6) is 5.75 Å². The first-order chi connectivity index (χ1) is 8.58. The van der Waals surface area contributed by atoms with Gasteiger partial charge in [-0.05, 0) is 30.7 Å². The number of carbonyl (C=O) groups excluding carboxylic acids is 1. The number of ketones is 1. The minimum absolute atomic E-state index is 0.0601. The highest BCUT2D eigenvalue weighted by atomic mass is 16.5. The van der Waals surface area contributed by atoms with E-state index in [2.05, 4.69) is 0 Å². The van der Waals surface area contributed by atoms with Crippen LogP contribution < -0.4 is 4.74 Å². The molecule has 4 nitrogen and oxygen atoms in total. The highest BCUT2D eigenvalue weighted by Gasteiger charge is 2.18. The van der Waals surface area contributed by atoms with Crippen molar-refractivity contribution in [2.45, 2.75) is 39.2 Å². The molecule has 0 heterocycles. The van der Waals surface area contributed by atoms with E-state index >= 15 is 0 Å². The van der Waals surface area contributed by atoms with Gasteiger partial charge in [-0.15, -0.1) is 0 Å². The number of carbonyl (C=O) groups is 2. The van der Waals surface area contributed by atoms with Crippen LogP contribution in [0.15, 0.2) is 24.3 Å². The number of carboxylic acid groups (broad SMARTS) is 1. The Morgan fingerprint density at radius 2 is 1.83 bits per heavy atom. The normalized spacial score (nSPS) is 11.9. The summed E-state index contributed by atoms with van der Waals surface area (Å²) in [7, 11) is 0. The van der Waals surface area contributed by atoms with E-state index in [4.69, 9.17) is 9.84 Å². The summed E-state index contributed by atoms with van der Waals surface area (Å²) in [5.74, 6) is -0.432. The fourth-order valence-electron chi connectivity index (χ4n) is 1.58. The topological polar surface area (TPSA) is 63.6 Å². The van der Waals surface area contributed by atoms with E-state index < -0.39 is 12.1 Å². The maximum atomic E-state index is 11.4. The SMILES string of the molecule is CCCC(Oc1ccc(C(=O)CC)cc1)C(=O)O. The first-order valence-corrected chi connectivity index (χ1v) is 6.11. The van der Waals surface area contributed by atoms with Gasteiger partial charge in [0.1, 0.15) is 5.75 Å². The van der Waals surface area contributed by atoms with E-state index in [1.807, 2.05) is 6.92 Å². The van der Waals surface area contributed by atoms with Gasteiger partial charge in [0.2, 0.25) is 0 Å². The molecule has 0 amide bonds. The fraction of sp³-hybridized carbons (Fsp3) is 0.429. The van der Waals surface area contributed by atoms with Crippen molar-refractivity contribution in [2.75, 3.05) is 0 Å². The van der Waals surface area contributed by atoms with Crippen molar-refractivity contribution in [2.24, 2.45) is 0 Å². The molecule has 0 aromatic heterocycles. The van der Waals surface area contributed by atoms with Crippen LogP contribution in [0, 0.1) is 0 Å². The summed E-state index contributed by atoms with van der Waals surface area (Å²) in [6.45, 7) is 3.71. The Hall–Kier alpha value is -1.84. The van der Waals surface area contributed by atoms with E-state index in [0.717, 1.165) is 6.42 Å². The molecular formula is C14H18O4. The zero-order valence-corrected chi connectivity index (χ0v) is 10.7. The van der Waals surface area contributed by atoms with Crippen LogP contribution in [-0.4, -0.2) is 23.0 Å². The summed E-state index contributed by atoms with van der Waals surface area (Å²) in [6, 6.07) is 6.58. The molecular weight excluding hydrogens is 232 g/mol. The molecule has 1 unspecified atom stereocenters. The Balaban J connectivity index is 2.73. The summed E-state index contributed by atoms with van der Waals surface area (Å²) < 4.78 is 5.37. The molecule has 1 aromatic rings. The zero-order valence-electron chi connectivity index (χ0n) is 10.7. The summed E-state index contributed by atoms with van der Waals surface area (Å²) in [4.78, 5) is 22.4. The van der Waals surface area contributed by atoms with Gasteiger partial charge < -0.3 is 9.84 Å². The van der Waals surface area contributed by atoms with Gasteiger partial charge in [0.05, 0.1) is 0 Å².